The molecule has 0 spiro atoms. The summed E-state index contributed by atoms with van der Waals surface area (Å²) in [6.45, 7) is 6.91. The van der Waals surface area contributed by atoms with E-state index < -0.39 is 5.60 Å². The molecule has 1 aromatic heterocycles. The Balaban J connectivity index is 1.73. The Hall–Kier alpha value is -2.08. The first-order chi connectivity index (χ1) is 11.8. The average Bonchev–Trinajstić information content (AvgIpc) is 2.56. The van der Waals surface area contributed by atoms with E-state index >= 15 is 0 Å². The summed E-state index contributed by atoms with van der Waals surface area (Å²) >= 11 is 6.13. The summed E-state index contributed by atoms with van der Waals surface area (Å²) in [5, 5.41) is 13.8. The zero-order chi connectivity index (χ0) is 18.0. The molecule has 2 heterocycles. The molecule has 7 heteroatoms. The van der Waals surface area contributed by atoms with Gasteiger partial charge in [-0.1, -0.05) is 35.9 Å². The van der Waals surface area contributed by atoms with Crippen LogP contribution >= 0.6 is 11.6 Å². The van der Waals surface area contributed by atoms with Crippen LogP contribution in [0.4, 0.5) is 10.6 Å². The molecule has 1 aliphatic rings. The van der Waals surface area contributed by atoms with E-state index in [2.05, 4.69) is 15.5 Å². The van der Waals surface area contributed by atoms with Crippen molar-refractivity contribution >= 4 is 34.3 Å². The Morgan fingerprint density at radius 1 is 1.28 bits per heavy atom. The molecular weight excluding hydrogens is 340 g/mol. The fourth-order valence-corrected chi connectivity index (χ4v) is 3.16. The zero-order valence-electron chi connectivity index (χ0n) is 14.8. The molecule has 1 fully saturated rings. The molecule has 1 aliphatic heterocycles. The molecule has 1 aromatic carbocycles. The van der Waals surface area contributed by atoms with Gasteiger partial charge in [-0.2, -0.15) is 0 Å². The van der Waals surface area contributed by atoms with Gasteiger partial charge in [-0.3, -0.25) is 0 Å². The molecule has 0 aliphatic carbocycles. The van der Waals surface area contributed by atoms with E-state index in [1.807, 2.05) is 45.0 Å². The first-order valence-corrected chi connectivity index (χ1v) is 8.87. The Labute approximate surface area is 152 Å². The van der Waals surface area contributed by atoms with Crippen molar-refractivity contribution in [2.75, 3.05) is 18.4 Å². The van der Waals surface area contributed by atoms with E-state index in [1.54, 1.807) is 4.90 Å². The van der Waals surface area contributed by atoms with Crippen LogP contribution in [0, 0.1) is 0 Å². The Morgan fingerprint density at radius 2 is 2.00 bits per heavy atom. The number of hydrogen-bond acceptors (Lipinski definition) is 5. The summed E-state index contributed by atoms with van der Waals surface area (Å²) in [6.07, 6.45) is 1.60. The highest BCUT2D eigenvalue weighted by atomic mass is 35.5. The summed E-state index contributed by atoms with van der Waals surface area (Å²) in [4.78, 5) is 14.0. The van der Waals surface area contributed by atoms with Crippen LogP contribution in [0.15, 0.2) is 24.3 Å². The van der Waals surface area contributed by atoms with Gasteiger partial charge in [0.1, 0.15) is 5.60 Å². The van der Waals surface area contributed by atoms with Gasteiger partial charge >= 0.3 is 6.09 Å². The maximum absolute atomic E-state index is 12.3. The van der Waals surface area contributed by atoms with Gasteiger partial charge in [0, 0.05) is 29.9 Å². The number of hydrogen-bond donors (Lipinski definition) is 1. The number of nitrogens with one attached hydrogen (secondary N) is 1. The second-order valence-electron chi connectivity index (χ2n) is 7.29. The number of likely N-dealkylation sites (tertiary alicyclic amines) is 1. The van der Waals surface area contributed by atoms with E-state index in [0.717, 1.165) is 23.6 Å². The van der Waals surface area contributed by atoms with Gasteiger partial charge in [-0.05, 0) is 33.6 Å². The van der Waals surface area contributed by atoms with E-state index in [4.69, 9.17) is 16.3 Å². The smallest absolute Gasteiger partial charge is 0.410 e. The molecule has 25 heavy (non-hydrogen) atoms. The third kappa shape index (κ3) is 4.31. The number of carbonyl (C=O) groups excluding carboxylic acids is 1. The average molecular weight is 363 g/mol. The van der Waals surface area contributed by atoms with Gasteiger partial charge in [0.25, 0.3) is 0 Å². The molecule has 134 valence electrons. The minimum Gasteiger partial charge on any atom is -0.444 e. The van der Waals surface area contributed by atoms with Crippen molar-refractivity contribution in [3.63, 3.8) is 0 Å². The van der Waals surface area contributed by atoms with Crippen LogP contribution in [0.2, 0.25) is 5.15 Å². The predicted octanol–water partition coefficient (Wildman–Crippen LogP) is 4.09. The summed E-state index contributed by atoms with van der Waals surface area (Å²) in [5.74, 6) is 0.691. The number of halogens is 1. The van der Waals surface area contributed by atoms with Crippen molar-refractivity contribution in [3.05, 3.63) is 29.4 Å². The second-order valence-corrected chi connectivity index (χ2v) is 7.65. The van der Waals surface area contributed by atoms with Gasteiger partial charge in [-0.25, -0.2) is 4.79 Å². The third-order valence-electron chi connectivity index (χ3n) is 4.06. The molecule has 6 nitrogen and oxygen atoms in total. The molecule has 1 N–H and O–H groups in total. The second kappa shape index (κ2) is 7.04. The lowest BCUT2D eigenvalue weighted by Crippen LogP contribution is -2.47. The summed E-state index contributed by atoms with van der Waals surface area (Å²) in [6, 6.07) is 7.85. The lowest BCUT2D eigenvalue weighted by atomic mass is 10.1. The molecule has 1 amide bonds. The highest BCUT2D eigenvalue weighted by molar-refractivity contribution is 6.34. The van der Waals surface area contributed by atoms with Crippen molar-refractivity contribution in [1.82, 2.24) is 15.1 Å². The molecule has 0 radical (unpaired) electrons. The largest absolute Gasteiger partial charge is 0.444 e. The molecule has 1 atom stereocenters. The summed E-state index contributed by atoms with van der Waals surface area (Å²) < 4.78 is 5.48. The van der Waals surface area contributed by atoms with Crippen LogP contribution in [0.25, 0.3) is 10.8 Å². The number of carbonyl (C=O) groups is 1. The molecule has 3 rings (SSSR count). The fourth-order valence-electron chi connectivity index (χ4n) is 2.96. The lowest BCUT2D eigenvalue weighted by Gasteiger charge is -2.34. The quantitative estimate of drug-likeness (QED) is 0.871. The van der Waals surface area contributed by atoms with Crippen molar-refractivity contribution < 1.29 is 9.53 Å². The Morgan fingerprint density at radius 3 is 2.72 bits per heavy atom. The van der Waals surface area contributed by atoms with Crippen LogP contribution < -0.4 is 5.32 Å². The number of benzene rings is 1. The molecular formula is C18H23ClN4O2. The Kier molecular flexibility index (Phi) is 4.99. The van der Waals surface area contributed by atoms with E-state index in [1.165, 1.54) is 0 Å². The van der Waals surface area contributed by atoms with Crippen LogP contribution in [0.3, 0.4) is 0 Å². The van der Waals surface area contributed by atoms with Crippen LogP contribution in [0.5, 0.6) is 0 Å². The minimum absolute atomic E-state index is 0.0974. The molecule has 2 aromatic rings. The highest BCUT2D eigenvalue weighted by Gasteiger charge is 2.28. The number of aromatic nitrogens is 2. The number of piperidine rings is 1. The standard InChI is InChI=1S/C18H23ClN4O2/c1-18(2,3)25-17(24)23-10-6-7-12(11-23)20-16-14-9-5-4-8-13(14)15(19)21-22-16/h4-5,8-9,12H,6-7,10-11H2,1-3H3,(H,20,22). The normalized spacial score (nSPS) is 18.2. The van der Waals surface area contributed by atoms with Gasteiger partial charge in [0.05, 0.1) is 0 Å². The number of fused-ring (bicyclic) bond motifs is 1. The molecule has 1 unspecified atom stereocenters. The van der Waals surface area contributed by atoms with Crippen molar-refractivity contribution in [1.29, 1.82) is 0 Å². The SMILES string of the molecule is CC(C)(C)OC(=O)N1CCCC(Nc2nnc(Cl)c3ccccc23)C1. The number of anilines is 1. The van der Waals surface area contributed by atoms with Crippen LogP contribution in [-0.4, -0.2) is 45.9 Å². The number of amides is 1. The lowest BCUT2D eigenvalue weighted by molar-refractivity contribution is 0.0206. The third-order valence-corrected chi connectivity index (χ3v) is 4.34. The fraction of sp³-hybridized carbons (Fsp3) is 0.500. The van der Waals surface area contributed by atoms with Crippen LogP contribution in [0.1, 0.15) is 33.6 Å². The van der Waals surface area contributed by atoms with Gasteiger partial charge in [0.15, 0.2) is 11.0 Å². The van der Waals surface area contributed by atoms with Crippen LogP contribution in [-0.2, 0) is 4.74 Å². The predicted molar refractivity (Wildman–Crippen MR) is 99.0 cm³/mol. The maximum Gasteiger partial charge on any atom is 0.410 e. The van der Waals surface area contributed by atoms with E-state index in [9.17, 15) is 4.79 Å². The monoisotopic (exact) mass is 362 g/mol. The zero-order valence-corrected chi connectivity index (χ0v) is 15.5. The van der Waals surface area contributed by atoms with Crippen molar-refractivity contribution in [2.24, 2.45) is 0 Å². The number of rotatable bonds is 2. The number of nitrogens with zero attached hydrogens (tertiary/aromatic N) is 3. The molecule has 0 saturated carbocycles. The van der Waals surface area contributed by atoms with Gasteiger partial charge < -0.3 is 15.0 Å². The van der Waals surface area contributed by atoms with Gasteiger partial charge in [0.2, 0.25) is 0 Å². The van der Waals surface area contributed by atoms with E-state index in [0.29, 0.717) is 24.1 Å². The van der Waals surface area contributed by atoms with E-state index in [-0.39, 0.29) is 12.1 Å². The Bertz CT molecular complexity index is 775. The number of ether oxygens (including phenoxy) is 1. The van der Waals surface area contributed by atoms with Crippen molar-refractivity contribution in [2.45, 2.75) is 45.3 Å². The van der Waals surface area contributed by atoms with Gasteiger partial charge in [-0.15, -0.1) is 10.2 Å². The first kappa shape index (κ1) is 17.7. The van der Waals surface area contributed by atoms with Crippen molar-refractivity contribution in [3.8, 4) is 0 Å². The maximum atomic E-state index is 12.3. The molecule has 1 saturated heterocycles. The minimum atomic E-state index is -0.491. The highest BCUT2D eigenvalue weighted by Crippen LogP contribution is 2.27. The topological polar surface area (TPSA) is 67.3 Å². The summed E-state index contributed by atoms with van der Waals surface area (Å²) in [5.41, 5.74) is -0.491. The summed E-state index contributed by atoms with van der Waals surface area (Å²) in [7, 11) is 0. The first-order valence-electron chi connectivity index (χ1n) is 8.49. The molecule has 0 bridgehead atoms.